The summed E-state index contributed by atoms with van der Waals surface area (Å²) in [6.07, 6.45) is 1.76. The van der Waals surface area contributed by atoms with Crippen LogP contribution < -0.4 is 4.74 Å². The zero-order valence-corrected chi connectivity index (χ0v) is 15.6. The molecular weight excluding hydrogens is 332 g/mol. The Balaban J connectivity index is 1.67. The molecule has 0 radical (unpaired) electrons. The minimum absolute atomic E-state index is 0.568. The number of likely N-dealkylation sites (N-methyl/N-ethyl adjacent to an activating group) is 1. The highest BCUT2D eigenvalue weighted by atomic mass is 32.1. The highest BCUT2D eigenvalue weighted by Gasteiger charge is 2.05. The number of aromatic nitrogens is 2. The van der Waals surface area contributed by atoms with E-state index < -0.39 is 0 Å². The average molecular weight is 354 g/mol. The number of thiazole rings is 1. The number of para-hydroxylation sites is 1. The number of rotatable bonds is 7. The molecule has 130 valence electrons. The summed E-state index contributed by atoms with van der Waals surface area (Å²) in [5, 5.41) is 1.01. The molecule has 0 aliphatic rings. The van der Waals surface area contributed by atoms with Crippen LogP contribution >= 0.6 is 11.3 Å². The summed E-state index contributed by atoms with van der Waals surface area (Å²) in [6, 6.07) is 12.0. The van der Waals surface area contributed by atoms with Gasteiger partial charge in [0.25, 0.3) is 0 Å². The van der Waals surface area contributed by atoms with Gasteiger partial charge in [0.05, 0.1) is 28.2 Å². The SMILES string of the molecule is CC(=NCc1nc2ccccc2s1)c1cc(OCCN(C)C)ccn1. The van der Waals surface area contributed by atoms with Gasteiger partial charge in [0.2, 0.25) is 0 Å². The number of aliphatic imine (C=N–C) groups is 1. The lowest BCUT2D eigenvalue weighted by atomic mass is 10.2. The van der Waals surface area contributed by atoms with E-state index in [0.29, 0.717) is 13.2 Å². The van der Waals surface area contributed by atoms with E-state index in [1.807, 2.05) is 51.4 Å². The standard InChI is InChI=1S/C19H22N4OS/c1-14(17-12-15(8-9-20-17)24-11-10-23(2)3)21-13-19-22-16-6-4-5-7-18(16)25-19/h4-9,12H,10-11,13H2,1-3H3. The summed E-state index contributed by atoms with van der Waals surface area (Å²) in [6.45, 7) is 4.07. The molecule has 2 heterocycles. The number of ether oxygens (including phenoxy) is 1. The maximum atomic E-state index is 5.76. The largest absolute Gasteiger partial charge is 0.492 e. The first-order valence-corrected chi connectivity index (χ1v) is 9.03. The highest BCUT2D eigenvalue weighted by molar-refractivity contribution is 7.18. The number of hydrogen-bond acceptors (Lipinski definition) is 6. The normalized spacial score (nSPS) is 12.1. The number of pyridine rings is 1. The molecule has 0 bridgehead atoms. The van der Waals surface area contributed by atoms with Gasteiger partial charge < -0.3 is 9.64 Å². The first-order chi connectivity index (χ1) is 12.1. The fraction of sp³-hybridized carbons (Fsp3) is 0.316. The summed E-state index contributed by atoms with van der Waals surface area (Å²) in [5.74, 6) is 0.821. The number of benzene rings is 1. The van der Waals surface area contributed by atoms with Crippen LogP contribution in [0.3, 0.4) is 0 Å². The third kappa shape index (κ3) is 4.84. The summed E-state index contributed by atoms with van der Waals surface area (Å²) in [4.78, 5) is 15.8. The van der Waals surface area contributed by atoms with Gasteiger partial charge in [-0.15, -0.1) is 11.3 Å². The first kappa shape index (κ1) is 17.5. The van der Waals surface area contributed by atoms with Gasteiger partial charge in [-0.3, -0.25) is 9.98 Å². The van der Waals surface area contributed by atoms with Crippen LogP contribution in [0.15, 0.2) is 47.6 Å². The lowest BCUT2D eigenvalue weighted by molar-refractivity contribution is 0.261. The minimum atomic E-state index is 0.568. The van der Waals surface area contributed by atoms with E-state index >= 15 is 0 Å². The Morgan fingerprint density at radius 3 is 2.88 bits per heavy atom. The second-order valence-electron chi connectivity index (χ2n) is 6.01. The minimum Gasteiger partial charge on any atom is -0.492 e. The molecule has 25 heavy (non-hydrogen) atoms. The van der Waals surface area contributed by atoms with E-state index in [1.54, 1.807) is 17.5 Å². The zero-order valence-electron chi connectivity index (χ0n) is 14.8. The molecule has 0 aliphatic heterocycles. The van der Waals surface area contributed by atoms with Crippen molar-refractivity contribution in [3.63, 3.8) is 0 Å². The van der Waals surface area contributed by atoms with Crippen LogP contribution in [0.1, 0.15) is 17.6 Å². The van der Waals surface area contributed by atoms with Gasteiger partial charge in [0.15, 0.2) is 0 Å². The van der Waals surface area contributed by atoms with Crippen LogP contribution in [0, 0.1) is 0 Å². The molecule has 0 fully saturated rings. The van der Waals surface area contributed by atoms with E-state index in [4.69, 9.17) is 4.74 Å². The highest BCUT2D eigenvalue weighted by Crippen LogP contribution is 2.22. The Morgan fingerprint density at radius 1 is 1.24 bits per heavy atom. The lowest BCUT2D eigenvalue weighted by Crippen LogP contribution is -2.19. The Hall–Kier alpha value is -2.31. The summed E-state index contributed by atoms with van der Waals surface area (Å²) >= 11 is 1.68. The number of hydrogen-bond donors (Lipinski definition) is 0. The molecule has 0 N–H and O–H groups in total. The van der Waals surface area contributed by atoms with Crippen molar-refractivity contribution >= 4 is 27.3 Å². The van der Waals surface area contributed by atoms with Crippen LogP contribution in [0.2, 0.25) is 0 Å². The van der Waals surface area contributed by atoms with Crippen molar-refractivity contribution in [1.82, 2.24) is 14.9 Å². The van der Waals surface area contributed by atoms with Crippen molar-refractivity contribution in [2.24, 2.45) is 4.99 Å². The molecule has 0 unspecified atom stereocenters. The molecular formula is C19H22N4OS. The van der Waals surface area contributed by atoms with Crippen LogP contribution in [-0.2, 0) is 6.54 Å². The van der Waals surface area contributed by atoms with Crippen LogP contribution in [0.5, 0.6) is 5.75 Å². The fourth-order valence-corrected chi connectivity index (χ4v) is 3.19. The summed E-state index contributed by atoms with van der Waals surface area (Å²) < 4.78 is 6.96. The van der Waals surface area contributed by atoms with E-state index in [1.165, 1.54) is 4.70 Å². The monoisotopic (exact) mass is 354 g/mol. The van der Waals surface area contributed by atoms with E-state index in [9.17, 15) is 0 Å². The van der Waals surface area contributed by atoms with E-state index in [2.05, 4.69) is 25.9 Å². The second kappa shape index (κ2) is 8.18. The van der Waals surface area contributed by atoms with Crippen molar-refractivity contribution in [3.8, 4) is 5.75 Å². The predicted molar refractivity (Wildman–Crippen MR) is 104 cm³/mol. The molecule has 0 spiro atoms. The van der Waals surface area contributed by atoms with Gasteiger partial charge in [0, 0.05) is 18.8 Å². The molecule has 0 saturated carbocycles. The summed E-state index contributed by atoms with van der Waals surface area (Å²) in [5.41, 5.74) is 2.76. The van der Waals surface area contributed by atoms with Gasteiger partial charge in [-0.1, -0.05) is 12.1 Å². The smallest absolute Gasteiger partial charge is 0.123 e. The molecule has 3 rings (SSSR count). The molecule has 2 aromatic heterocycles. The molecule has 3 aromatic rings. The van der Waals surface area contributed by atoms with Gasteiger partial charge >= 0.3 is 0 Å². The maximum Gasteiger partial charge on any atom is 0.123 e. The topological polar surface area (TPSA) is 50.6 Å². The zero-order chi connectivity index (χ0) is 17.6. The van der Waals surface area contributed by atoms with Gasteiger partial charge in [-0.25, -0.2) is 4.98 Å². The Kier molecular flexibility index (Phi) is 5.73. The third-order valence-corrected chi connectivity index (χ3v) is 4.72. The van der Waals surface area contributed by atoms with Crippen molar-refractivity contribution in [3.05, 3.63) is 53.3 Å². The molecule has 0 atom stereocenters. The van der Waals surface area contributed by atoms with Gasteiger partial charge in [-0.05, 0) is 39.2 Å². The van der Waals surface area contributed by atoms with Crippen LogP contribution in [0.4, 0.5) is 0 Å². The van der Waals surface area contributed by atoms with Gasteiger partial charge in [0.1, 0.15) is 17.4 Å². The molecule has 0 aliphatic carbocycles. The van der Waals surface area contributed by atoms with E-state index in [0.717, 1.165) is 34.2 Å². The lowest BCUT2D eigenvalue weighted by Gasteiger charge is -2.11. The number of fused-ring (bicyclic) bond motifs is 1. The Labute approximate surface area is 152 Å². The molecule has 1 aromatic carbocycles. The number of nitrogens with zero attached hydrogens (tertiary/aromatic N) is 4. The molecule has 0 saturated heterocycles. The fourth-order valence-electron chi connectivity index (χ4n) is 2.30. The Bertz CT molecular complexity index is 839. The van der Waals surface area contributed by atoms with Crippen molar-refractivity contribution < 1.29 is 4.74 Å². The molecule has 6 heteroatoms. The predicted octanol–water partition coefficient (Wildman–Crippen LogP) is 3.64. The van der Waals surface area contributed by atoms with E-state index in [-0.39, 0.29) is 0 Å². The Morgan fingerprint density at radius 2 is 2.08 bits per heavy atom. The van der Waals surface area contributed by atoms with Crippen molar-refractivity contribution in [1.29, 1.82) is 0 Å². The summed E-state index contributed by atoms with van der Waals surface area (Å²) in [7, 11) is 4.06. The maximum absolute atomic E-state index is 5.76. The molecule has 0 amide bonds. The van der Waals surface area contributed by atoms with Crippen molar-refractivity contribution in [2.75, 3.05) is 27.2 Å². The van der Waals surface area contributed by atoms with Crippen molar-refractivity contribution in [2.45, 2.75) is 13.5 Å². The second-order valence-corrected chi connectivity index (χ2v) is 7.12. The first-order valence-electron chi connectivity index (χ1n) is 8.21. The third-order valence-electron chi connectivity index (χ3n) is 3.70. The quantitative estimate of drug-likeness (QED) is 0.608. The van der Waals surface area contributed by atoms with Crippen LogP contribution in [-0.4, -0.2) is 47.8 Å². The van der Waals surface area contributed by atoms with Gasteiger partial charge in [-0.2, -0.15) is 0 Å². The molecule has 5 nitrogen and oxygen atoms in total. The van der Waals surface area contributed by atoms with Crippen LogP contribution in [0.25, 0.3) is 10.2 Å². The average Bonchev–Trinajstić information content (AvgIpc) is 3.02.